The highest BCUT2D eigenvalue weighted by atomic mass is 16.3. The molecule has 9 aliphatic rings. The molecule has 84 heavy (non-hydrogen) atoms. The van der Waals surface area contributed by atoms with E-state index in [2.05, 4.69) is 268 Å². The molecule has 6 nitrogen and oxygen atoms in total. The lowest BCUT2D eigenvalue weighted by molar-refractivity contribution is 0.586. The molecule has 2 aromatic heterocycles. The Hall–Kier alpha value is -10.0. The molecular formula is C78H56N4O2. The van der Waals surface area contributed by atoms with Crippen molar-refractivity contribution in [3.8, 4) is 11.1 Å². The zero-order valence-corrected chi connectivity index (χ0v) is 46.2. The van der Waals surface area contributed by atoms with E-state index in [9.17, 15) is 0 Å². The van der Waals surface area contributed by atoms with Crippen molar-refractivity contribution in [2.75, 3.05) is 19.6 Å². The summed E-state index contributed by atoms with van der Waals surface area (Å²) >= 11 is 0. The number of anilines is 5. The number of benzene rings is 8. The Morgan fingerprint density at radius 2 is 1.12 bits per heavy atom. The van der Waals surface area contributed by atoms with Crippen molar-refractivity contribution >= 4 is 83.8 Å². The third kappa shape index (κ3) is 6.40. The van der Waals surface area contributed by atoms with Crippen LogP contribution >= 0.6 is 0 Å². The molecule has 10 aromatic rings. The van der Waals surface area contributed by atoms with Crippen LogP contribution in [0.25, 0.3) is 66.5 Å². The summed E-state index contributed by atoms with van der Waals surface area (Å²) < 4.78 is 14.0. The zero-order valence-electron chi connectivity index (χ0n) is 46.2. The van der Waals surface area contributed by atoms with Crippen molar-refractivity contribution in [2.24, 2.45) is 5.92 Å². The highest BCUT2D eigenvalue weighted by Gasteiger charge is 2.56. The van der Waals surface area contributed by atoms with Crippen LogP contribution in [0.1, 0.15) is 65.2 Å². The van der Waals surface area contributed by atoms with Gasteiger partial charge in [-0.25, -0.2) is 0 Å². The highest BCUT2D eigenvalue weighted by Crippen LogP contribution is 2.66. The van der Waals surface area contributed by atoms with Gasteiger partial charge < -0.3 is 28.4 Å². The van der Waals surface area contributed by atoms with E-state index in [1.165, 1.54) is 101 Å². The van der Waals surface area contributed by atoms with Crippen LogP contribution in [0.4, 0.5) is 28.4 Å². The quantitative estimate of drug-likeness (QED) is 0.151. The summed E-state index contributed by atoms with van der Waals surface area (Å²) in [5.41, 5.74) is 28.4. The number of hydrogen-bond acceptors (Lipinski definition) is 6. The lowest BCUT2D eigenvalue weighted by atomic mass is 9.78. The summed E-state index contributed by atoms with van der Waals surface area (Å²) in [6, 6.07) is 69.3. The molecule has 0 bridgehead atoms. The van der Waals surface area contributed by atoms with Crippen LogP contribution < -0.4 is 19.6 Å². The fourth-order valence-electron chi connectivity index (χ4n) is 16.4. The van der Waals surface area contributed by atoms with Gasteiger partial charge in [-0.05, 0) is 126 Å². The molecule has 6 heteroatoms. The van der Waals surface area contributed by atoms with Gasteiger partial charge in [-0.2, -0.15) is 0 Å². The number of para-hydroxylation sites is 5. The van der Waals surface area contributed by atoms with E-state index in [0.717, 1.165) is 82.5 Å². The molecule has 0 amide bonds. The van der Waals surface area contributed by atoms with E-state index >= 15 is 0 Å². The molecule has 6 heterocycles. The molecule has 1 saturated heterocycles. The Bertz CT molecular complexity index is 4820. The maximum Gasteiger partial charge on any atom is 0.159 e. The zero-order chi connectivity index (χ0) is 54.7. The van der Waals surface area contributed by atoms with E-state index in [-0.39, 0.29) is 30.0 Å². The molecule has 0 radical (unpaired) electrons. The SMILES string of the molecule is C1=CCC(N(C2=CC=C3c4cc5c(cc4N4C6=CCCC=C6[C@@H]2C34)C2=CC=C(N(C3=CCCc4c3oc3ccccc43)c3ccccc3-c3ccccc3)[C@@H]3c4ccccc4N5C23)c2cccc3c2oc2ccccc23)C(c2ccccc2)=C1. The summed E-state index contributed by atoms with van der Waals surface area (Å²) in [5.74, 6) is 1.07. The molecule has 400 valence electrons. The molecule has 8 aromatic carbocycles. The fraction of sp³-hybridized carbons (Fsp3) is 0.128. The third-order valence-electron chi connectivity index (χ3n) is 19.7. The summed E-state index contributed by atoms with van der Waals surface area (Å²) in [6.45, 7) is 0. The van der Waals surface area contributed by atoms with Gasteiger partial charge in [0.05, 0.1) is 58.4 Å². The number of hydrogen-bond donors (Lipinski definition) is 0. The normalized spacial score (nSPS) is 21.7. The molecule has 3 unspecified atom stereocenters. The van der Waals surface area contributed by atoms with Gasteiger partial charge in [0.25, 0.3) is 0 Å². The second-order valence-electron chi connectivity index (χ2n) is 23.8. The van der Waals surface area contributed by atoms with Gasteiger partial charge in [-0.3, -0.25) is 0 Å². The topological polar surface area (TPSA) is 39.2 Å². The van der Waals surface area contributed by atoms with Crippen molar-refractivity contribution in [1.82, 2.24) is 0 Å². The van der Waals surface area contributed by atoms with E-state index < -0.39 is 0 Å². The standard InChI is InChI=1S/C78H56N4O2/c1-3-21-47(22-4-1)49-25-7-13-33-61(49)79(67-37-19-31-55-51-27-11-17-39-71(51)83-77(55)67)65-43-41-53-59-45-70-60(46-69(59)81-63-35-15-9-29-57(63)73(65)75(53)81)54-42-44-66(74-58-30-10-16-36-64(58)82(70)76(54)74)80(62-34-14-8-26-50(62)48-23-5-2-6-24-48)68-38-20-32-56-52-28-12-18-40-72(52)84-78(56)68/h1-9,11-15,17-18,20-30,32-33,35-46,62,73-76H,10,16,19,31,34H2/t62?,73-,74-,75?,76?/m0/s1. The van der Waals surface area contributed by atoms with Gasteiger partial charge in [-0.15, -0.1) is 0 Å². The maximum absolute atomic E-state index is 7.00. The molecule has 5 atom stereocenters. The monoisotopic (exact) mass is 1080 g/mol. The number of allylic oxidation sites excluding steroid dienone is 10. The number of fused-ring (bicyclic) bond motifs is 18. The van der Waals surface area contributed by atoms with Gasteiger partial charge in [0, 0.05) is 61.2 Å². The second kappa shape index (κ2) is 17.7. The third-order valence-corrected chi connectivity index (χ3v) is 19.7. The van der Waals surface area contributed by atoms with E-state index in [4.69, 9.17) is 8.83 Å². The first-order valence-corrected chi connectivity index (χ1v) is 30.1. The van der Waals surface area contributed by atoms with Crippen molar-refractivity contribution in [1.29, 1.82) is 0 Å². The Morgan fingerprint density at radius 1 is 0.452 bits per heavy atom. The van der Waals surface area contributed by atoms with Crippen LogP contribution in [-0.4, -0.2) is 18.1 Å². The Kier molecular flexibility index (Phi) is 9.83. The smallest absolute Gasteiger partial charge is 0.159 e. The van der Waals surface area contributed by atoms with Crippen LogP contribution in [0, 0.1) is 5.92 Å². The minimum atomic E-state index is 0.0184. The van der Waals surface area contributed by atoms with Gasteiger partial charge in [0.1, 0.15) is 11.2 Å². The minimum Gasteiger partial charge on any atom is -0.454 e. The van der Waals surface area contributed by atoms with Crippen LogP contribution in [0.15, 0.2) is 280 Å². The van der Waals surface area contributed by atoms with Crippen molar-refractivity contribution in [3.05, 3.63) is 305 Å². The Balaban J connectivity index is 0.791. The minimum absolute atomic E-state index is 0.0184. The predicted molar refractivity (Wildman–Crippen MR) is 344 cm³/mol. The first-order valence-electron chi connectivity index (χ1n) is 30.1. The van der Waals surface area contributed by atoms with Crippen LogP contribution in [0.5, 0.6) is 0 Å². The predicted octanol–water partition coefficient (Wildman–Crippen LogP) is 19.0. The summed E-state index contributed by atoms with van der Waals surface area (Å²) in [6.07, 6.45) is 29.2. The van der Waals surface area contributed by atoms with Crippen molar-refractivity contribution < 1.29 is 8.83 Å². The van der Waals surface area contributed by atoms with Crippen molar-refractivity contribution in [2.45, 2.75) is 56.1 Å². The molecule has 5 aliphatic carbocycles. The molecule has 4 aliphatic heterocycles. The number of rotatable bonds is 8. The first kappa shape index (κ1) is 46.6. The molecule has 0 spiro atoms. The first-order chi connectivity index (χ1) is 41.7. The van der Waals surface area contributed by atoms with Crippen molar-refractivity contribution in [3.63, 3.8) is 0 Å². The van der Waals surface area contributed by atoms with E-state index in [1.54, 1.807) is 0 Å². The van der Waals surface area contributed by atoms with Gasteiger partial charge >= 0.3 is 0 Å². The average Bonchev–Trinajstić information content (AvgIpc) is 1.65. The molecule has 0 N–H and O–H groups in total. The van der Waals surface area contributed by atoms with E-state index in [1.807, 2.05) is 0 Å². The summed E-state index contributed by atoms with van der Waals surface area (Å²) in [4.78, 5) is 10.7. The Labute approximate surface area is 487 Å². The summed E-state index contributed by atoms with van der Waals surface area (Å²) in [5, 5.41) is 3.49. The van der Waals surface area contributed by atoms with Crippen LogP contribution in [0.2, 0.25) is 0 Å². The number of aryl methyl sites for hydroxylation is 1. The fourth-order valence-corrected chi connectivity index (χ4v) is 16.4. The lowest BCUT2D eigenvalue weighted by Crippen LogP contribution is -2.42. The summed E-state index contributed by atoms with van der Waals surface area (Å²) in [7, 11) is 0. The second-order valence-corrected chi connectivity index (χ2v) is 23.8. The largest absolute Gasteiger partial charge is 0.454 e. The Morgan fingerprint density at radius 3 is 1.96 bits per heavy atom. The maximum atomic E-state index is 7.00. The highest BCUT2D eigenvalue weighted by molar-refractivity contribution is 6.10. The van der Waals surface area contributed by atoms with Gasteiger partial charge in [0.15, 0.2) is 11.3 Å². The van der Waals surface area contributed by atoms with E-state index in [0.29, 0.717) is 0 Å². The number of nitrogens with zero attached hydrogens (tertiary/aromatic N) is 4. The average molecular weight is 1080 g/mol. The van der Waals surface area contributed by atoms with Gasteiger partial charge in [0.2, 0.25) is 0 Å². The molecular weight excluding hydrogens is 1020 g/mol. The molecule has 1 fully saturated rings. The van der Waals surface area contributed by atoms with Gasteiger partial charge in [-0.1, -0.05) is 194 Å². The lowest BCUT2D eigenvalue weighted by Gasteiger charge is -2.42. The molecule has 19 rings (SSSR count). The number of furan rings is 2. The van der Waals surface area contributed by atoms with Crippen LogP contribution in [-0.2, 0) is 6.42 Å². The van der Waals surface area contributed by atoms with Crippen LogP contribution in [0.3, 0.4) is 0 Å². The molecule has 0 saturated carbocycles.